The summed E-state index contributed by atoms with van der Waals surface area (Å²) < 4.78 is 7.01. The first kappa shape index (κ1) is 15.1. The molecule has 2 aromatic rings. The van der Waals surface area contributed by atoms with E-state index in [4.69, 9.17) is 4.74 Å². The minimum atomic E-state index is 0.600. The lowest BCUT2D eigenvalue weighted by atomic mass is 10.1. The highest BCUT2D eigenvalue weighted by Crippen LogP contribution is 2.22. The van der Waals surface area contributed by atoms with Crippen LogP contribution in [0.2, 0.25) is 0 Å². The van der Waals surface area contributed by atoms with Crippen molar-refractivity contribution < 1.29 is 4.74 Å². The fourth-order valence-corrected chi connectivity index (χ4v) is 2.25. The lowest BCUT2D eigenvalue weighted by Crippen LogP contribution is -2.13. The molecule has 0 unspecified atom stereocenters. The molecule has 0 aromatic heterocycles. The van der Waals surface area contributed by atoms with Gasteiger partial charge >= 0.3 is 0 Å². The Kier molecular flexibility index (Phi) is 5.62. The molecule has 0 aliphatic heterocycles. The van der Waals surface area contributed by atoms with Gasteiger partial charge in [0.25, 0.3) is 0 Å². The Morgan fingerprint density at radius 1 is 1.10 bits per heavy atom. The largest absolute Gasteiger partial charge is 0.489 e. The number of rotatable bonds is 6. The maximum atomic E-state index is 5.90. The third kappa shape index (κ3) is 4.09. The van der Waals surface area contributed by atoms with Crippen molar-refractivity contribution in [3.63, 3.8) is 0 Å². The van der Waals surface area contributed by atoms with Crippen molar-refractivity contribution in [2.45, 2.75) is 27.0 Å². The average Bonchev–Trinajstić information content (AvgIpc) is 2.47. The second kappa shape index (κ2) is 7.46. The van der Waals surface area contributed by atoms with E-state index >= 15 is 0 Å². The fraction of sp³-hybridized carbons (Fsp3) is 0.294. The van der Waals surface area contributed by atoms with Crippen molar-refractivity contribution in [3.8, 4) is 5.75 Å². The number of hydrogen-bond donors (Lipinski definition) is 1. The first-order valence-electron chi connectivity index (χ1n) is 6.87. The molecule has 1 N–H and O–H groups in total. The molecule has 2 rings (SSSR count). The van der Waals surface area contributed by atoms with Crippen LogP contribution in [-0.2, 0) is 13.2 Å². The topological polar surface area (TPSA) is 21.3 Å². The van der Waals surface area contributed by atoms with Crippen molar-refractivity contribution in [1.29, 1.82) is 0 Å². The molecule has 0 saturated heterocycles. The van der Waals surface area contributed by atoms with E-state index in [9.17, 15) is 0 Å². The van der Waals surface area contributed by atoms with Crippen molar-refractivity contribution in [2.75, 3.05) is 6.54 Å². The molecule has 0 spiro atoms. The van der Waals surface area contributed by atoms with Gasteiger partial charge in [0.1, 0.15) is 12.4 Å². The zero-order chi connectivity index (χ0) is 14.4. The van der Waals surface area contributed by atoms with E-state index in [1.807, 2.05) is 12.1 Å². The minimum absolute atomic E-state index is 0.600. The molecule has 2 aromatic carbocycles. The smallest absolute Gasteiger partial charge is 0.120 e. The van der Waals surface area contributed by atoms with Gasteiger partial charge < -0.3 is 10.1 Å². The summed E-state index contributed by atoms with van der Waals surface area (Å²) in [5, 5.41) is 3.36. The van der Waals surface area contributed by atoms with E-state index in [2.05, 4.69) is 65.4 Å². The normalized spacial score (nSPS) is 10.6. The summed E-state index contributed by atoms with van der Waals surface area (Å²) in [5.41, 5.74) is 3.71. The standard InChI is InChI=1S/C17H20BrNO/c1-3-19-11-14-6-4-5-7-15(14)12-20-16-8-9-17(18)13(2)10-16/h4-10,19H,3,11-12H2,1-2H3. The molecule has 0 aliphatic rings. The zero-order valence-electron chi connectivity index (χ0n) is 11.9. The Morgan fingerprint density at radius 3 is 2.55 bits per heavy atom. The van der Waals surface area contributed by atoms with Gasteiger partial charge in [0.2, 0.25) is 0 Å². The van der Waals surface area contributed by atoms with Gasteiger partial charge in [-0.2, -0.15) is 0 Å². The molecule has 0 amide bonds. The van der Waals surface area contributed by atoms with Crippen molar-refractivity contribution in [3.05, 3.63) is 63.6 Å². The lowest BCUT2D eigenvalue weighted by molar-refractivity contribution is 0.304. The highest BCUT2D eigenvalue weighted by Gasteiger charge is 2.03. The predicted molar refractivity (Wildman–Crippen MR) is 87.0 cm³/mol. The van der Waals surface area contributed by atoms with Crippen molar-refractivity contribution >= 4 is 15.9 Å². The second-order valence-electron chi connectivity index (χ2n) is 4.75. The van der Waals surface area contributed by atoms with Crippen LogP contribution in [0.5, 0.6) is 5.75 Å². The SMILES string of the molecule is CCNCc1ccccc1COc1ccc(Br)c(C)c1. The molecule has 0 bridgehead atoms. The summed E-state index contributed by atoms with van der Waals surface area (Å²) in [6.07, 6.45) is 0. The van der Waals surface area contributed by atoms with Gasteiger partial charge in [-0.1, -0.05) is 47.1 Å². The molecule has 20 heavy (non-hydrogen) atoms. The average molecular weight is 334 g/mol. The Balaban J connectivity index is 2.04. The number of nitrogens with one attached hydrogen (secondary N) is 1. The molecule has 106 valence electrons. The summed E-state index contributed by atoms with van der Waals surface area (Å²) in [4.78, 5) is 0. The minimum Gasteiger partial charge on any atom is -0.489 e. The van der Waals surface area contributed by atoms with Crippen LogP contribution in [0.3, 0.4) is 0 Å². The van der Waals surface area contributed by atoms with Crippen molar-refractivity contribution in [1.82, 2.24) is 5.32 Å². The third-order valence-corrected chi connectivity index (χ3v) is 4.10. The first-order chi connectivity index (χ1) is 9.70. The highest BCUT2D eigenvalue weighted by molar-refractivity contribution is 9.10. The van der Waals surface area contributed by atoms with E-state index in [0.717, 1.165) is 23.3 Å². The maximum Gasteiger partial charge on any atom is 0.120 e. The summed E-state index contributed by atoms with van der Waals surface area (Å²) >= 11 is 3.50. The van der Waals surface area contributed by atoms with Gasteiger partial charge in [0, 0.05) is 11.0 Å². The Bertz CT molecular complexity index is 569. The molecule has 3 heteroatoms. The fourth-order valence-electron chi connectivity index (χ4n) is 2.00. The quantitative estimate of drug-likeness (QED) is 0.843. The van der Waals surface area contributed by atoms with Gasteiger partial charge in [0.05, 0.1) is 0 Å². The van der Waals surface area contributed by atoms with Gasteiger partial charge in [-0.3, -0.25) is 0 Å². The molecule has 2 nitrogen and oxygen atoms in total. The Labute approximate surface area is 129 Å². The third-order valence-electron chi connectivity index (χ3n) is 3.21. The summed E-state index contributed by atoms with van der Waals surface area (Å²) in [7, 11) is 0. The van der Waals surface area contributed by atoms with Gasteiger partial charge in [-0.05, 0) is 48.4 Å². The van der Waals surface area contributed by atoms with Crippen LogP contribution in [0.15, 0.2) is 46.9 Å². The van der Waals surface area contributed by atoms with Gasteiger partial charge in [-0.25, -0.2) is 0 Å². The second-order valence-corrected chi connectivity index (χ2v) is 5.60. The van der Waals surface area contributed by atoms with Crippen LogP contribution >= 0.6 is 15.9 Å². The number of hydrogen-bond acceptors (Lipinski definition) is 2. The van der Waals surface area contributed by atoms with Crippen LogP contribution in [0.1, 0.15) is 23.6 Å². The van der Waals surface area contributed by atoms with E-state index < -0.39 is 0 Å². The van der Waals surface area contributed by atoms with E-state index in [0.29, 0.717) is 6.61 Å². The molecular formula is C17H20BrNO. The lowest BCUT2D eigenvalue weighted by Gasteiger charge is -2.12. The number of ether oxygens (including phenoxy) is 1. The molecule has 0 fully saturated rings. The van der Waals surface area contributed by atoms with Crippen LogP contribution in [0.4, 0.5) is 0 Å². The first-order valence-corrected chi connectivity index (χ1v) is 7.66. The highest BCUT2D eigenvalue weighted by atomic mass is 79.9. The number of aryl methyl sites for hydroxylation is 1. The van der Waals surface area contributed by atoms with Gasteiger partial charge in [0.15, 0.2) is 0 Å². The van der Waals surface area contributed by atoms with Crippen molar-refractivity contribution in [2.24, 2.45) is 0 Å². The molecule has 0 atom stereocenters. The van der Waals surface area contributed by atoms with E-state index in [-0.39, 0.29) is 0 Å². The monoisotopic (exact) mass is 333 g/mol. The van der Waals surface area contributed by atoms with Crippen LogP contribution in [-0.4, -0.2) is 6.54 Å². The molecule has 0 radical (unpaired) electrons. The maximum absolute atomic E-state index is 5.90. The van der Waals surface area contributed by atoms with Crippen LogP contribution < -0.4 is 10.1 Å². The summed E-state index contributed by atoms with van der Waals surface area (Å²) in [6, 6.07) is 14.5. The Morgan fingerprint density at radius 2 is 1.85 bits per heavy atom. The number of benzene rings is 2. The molecule has 0 heterocycles. The summed E-state index contributed by atoms with van der Waals surface area (Å²) in [6.45, 7) is 6.64. The number of halogens is 1. The van der Waals surface area contributed by atoms with Crippen LogP contribution in [0, 0.1) is 6.92 Å². The zero-order valence-corrected chi connectivity index (χ0v) is 13.5. The van der Waals surface area contributed by atoms with Gasteiger partial charge in [-0.15, -0.1) is 0 Å². The van der Waals surface area contributed by atoms with Crippen LogP contribution in [0.25, 0.3) is 0 Å². The molecule has 0 aliphatic carbocycles. The summed E-state index contributed by atoms with van der Waals surface area (Å²) in [5.74, 6) is 0.906. The van der Waals surface area contributed by atoms with E-state index in [1.165, 1.54) is 16.7 Å². The molecule has 0 saturated carbocycles. The molecular weight excluding hydrogens is 314 g/mol. The predicted octanol–water partition coefficient (Wildman–Crippen LogP) is 4.45. The van der Waals surface area contributed by atoms with E-state index in [1.54, 1.807) is 0 Å². The Hall–Kier alpha value is -1.32.